The Morgan fingerprint density at radius 2 is 2.06 bits per heavy atom. The second-order valence-corrected chi connectivity index (χ2v) is 7.62. The van der Waals surface area contributed by atoms with Crippen LogP contribution in [-0.2, 0) is 17.9 Å². The summed E-state index contributed by atoms with van der Waals surface area (Å²) in [5.74, 6) is 0.0948. The van der Waals surface area contributed by atoms with Gasteiger partial charge < -0.3 is 10.4 Å². The van der Waals surface area contributed by atoms with E-state index in [2.05, 4.69) is 31.1 Å². The summed E-state index contributed by atoms with van der Waals surface area (Å²) in [4.78, 5) is 23.2. The van der Waals surface area contributed by atoms with Crippen molar-refractivity contribution in [2.24, 2.45) is 0 Å². The van der Waals surface area contributed by atoms with Crippen LogP contribution in [0.3, 0.4) is 0 Å². The molecule has 0 amide bonds. The minimum absolute atomic E-state index is 0.0867. The maximum absolute atomic E-state index is 12.5. The summed E-state index contributed by atoms with van der Waals surface area (Å²) in [5, 5.41) is 25.2. The van der Waals surface area contributed by atoms with E-state index < -0.39 is 12.0 Å². The third-order valence-corrected chi connectivity index (χ3v) is 5.66. The summed E-state index contributed by atoms with van der Waals surface area (Å²) in [6.07, 6.45) is 0.930. The molecule has 10 heteroatoms. The van der Waals surface area contributed by atoms with E-state index in [1.165, 1.54) is 6.33 Å². The first-order valence-electron chi connectivity index (χ1n) is 10.4. The van der Waals surface area contributed by atoms with Crippen molar-refractivity contribution < 1.29 is 9.94 Å². The Labute approximate surface area is 183 Å². The van der Waals surface area contributed by atoms with Gasteiger partial charge in [0.2, 0.25) is 0 Å². The fourth-order valence-corrected chi connectivity index (χ4v) is 4.22. The molecule has 10 nitrogen and oxygen atoms in total. The first kappa shape index (κ1) is 20.3. The van der Waals surface area contributed by atoms with Crippen LogP contribution in [0.4, 0.5) is 5.69 Å². The van der Waals surface area contributed by atoms with E-state index in [4.69, 9.17) is 4.84 Å². The average molecular weight is 433 g/mol. The van der Waals surface area contributed by atoms with Crippen LogP contribution in [0.15, 0.2) is 53.6 Å². The van der Waals surface area contributed by atoms with Crippen molar-refractivity contribution in [3.8, 4) is 0 Å². The minimum atomic E-state index is -0.519. The van der Waals surface area contributed by atoms with Crippen LogP contribution in [0.5, 0.6) is 0 Å². The molecule has 5 rings (SSSR count). The Morgan fingerprint density at radius 1 is 1.22 bits per heavy atom. The first-order valence-corrected chi connectivity index (χ1v) is 10.4. The van der Waals surface area contributed by atoms with Crippen molar-refractivity contribution in [3.05, 3.63) is 81.8 Å². The zero-order valence-corrected chi connectivity index (χ0v) is 17.4. The monoisotopic (exact) mass is 433 g/mol. The molecule has 0 saturated heterocycles. The Kier molecular flexibility index (Phi) is 5.39. The van der Waals surface area contributed by atoms with Crippen molar-refractivity contribution in [3.63, 3.8) is 0 Å². The standard InChI is InChI=1S/C22H23N7O3/c1-23-11-13-5-7-14(8-6-13)20-18(21-24-12-25-29(21)9-10-30)19-17-15(22(31)27-26-19)3-2-4-16(17)28-32-20/h2-8,12,18,20,23,28,30H,9-11H2,1H3,(H,27,31). The number of aliphatic hydroxyl groups is 1. The fourth-order valence-electron chi connectivity index (χ4n) is 4.22. The number of hydrogen-bond donors (Lipinski definition) is 4. The quantitative estimate of drug-likeness (QED) is 0.360. The van der Waals surface area contributed by atoms with Crippen LogP contribution in [-0.4, -0.2) is 43.7 Å². The normalized spacial score (nSPS) is 17.8. The number of nitrogens with zero attached hydrogens (tertiary/aromatic N) is 4. The Hall–Kier alpha value is -3.60. The van der Waals surface area contributed by atoms with Crippen molar-refractivity contribution in [2.45, 2.75) is 25.1 Å². The number of H-pyrrole nitrogens is 1. The zero-order valence-electron chi connectivity index (χ0n) is 17.4. The molecule has 2 aromatic carbocycles. The maximum Gasteiger partial charge on any atom is 0.272 e. The van der Waals surface area contributed by atoms with E-state index in [-0.39, 0.29) is 18.7 Å². The van der Waals surface area contributed by atoms with E-state index in [1.54, 1.807) is 16.8 Å². The van der Waals surface area contributed by atoms with Crippen LogP contribution < -0.4 is 16.4 Å². The van der Waals surface area contributed by atoms with Crippen molar-refractivity contribution >= 4 is 16.5 Å². The largest absolute Gasteiger partial charge is 0.394 e. The highest BCUT2D eigenvalue weighted by Gasteiger charge is 2.37. The Morgan fingerprint density at radius 3 is 2.84 bits per heavy atom. The smallest absolute Gasteiger partial charge is 0.272 e. The number of benzene rings is 2. The third-order valence-electron chi connectivity index (χ3n) is 5.66. The lowest BCUT2D eigenvalue weighted by Crippen LogP contribution is -2.23. The van der Waals surface area contributed by atoms with E-state index >= 15 is 0 Å². The first-order chi connectivity index (χ1) is 15.7. The number of nitrogens with one attached hydrogen (secondary N) is 3. The van der Waals surface area contributed by atoms with Gasteiger partial charge in [0.15, 0.2) is 0 Å². The molecule has 0 fully saturated rings. The van der Waals surface area contributed by atoms with E-state index in [0.29, 0.717) is 28.0 Å². The average Bonchev–Trinajstić information content (AvgIpc) is 3.19. The number of hydrogen-bond acceptors (Lipinski definition) is 8. The molecule has 1 aliphatic heterocycles. The van der Waals surface area contributed by atoms with Crippen LogP contribution in [0.25, 0.3) is 10.8 Å². The summed E-state index contributed by atoms with van der Waals surface area (Å²) in [6, 6.07) is 13.5. The van der Waals surface area contributed by atoms with Gasteiger partial charge in [0.25, 0.3) is 5.56 Å². The predicted molar refractivity (Wildman–Crippen MR) is 118 cm³/mol. The van der Waals surface area contributed by atoms with Gasteiger partial charge in [-0.3, -0.25) is 15.1 Å². The summed E-state index contributed by atoms with van der Waals surface area (Å²) >= 11 is 0. The zero-order chi connectivity index (χ0) is 22.1. The topological polar surface area (TPSA) is 130 Å². The van der Waals surface area contributed by atoms with Crippen LogP contribution in [0, 0.1) is 0 Å². The van der Waals surface area contributed by atoms with Crippen molar-refractivity contribution in [1.82, 2.24) is 30.3 Å². The van der Waals surface area contributed by atoms with Crippen LogP contribution >= 0.6 is 0 Å². The SMILES string of the molecule is CNCc1ccc(C2ONc3cccc4c(=O)[nH]nc(c34)C2c2ncnn2CCO)cc1. The number of anilines is 1. The van der Waals surface area contributed by atoms with Gasteiger partial charge in [-0.05, 0) is 30.3 Å². The van der Waals surface area contributed by atoms with Crippen molar-refractivity contribution in [2.75, 3.05) is 19.1 Å². The van der Waals surface area contributed by atoms with Crippen molar-refractivity contribution in [1.29, 1.82) is 0 Å². The molecule has 2 unspecified atom stereocenters. The molecule has 4 aromatic rings. The van der Waals surface area contributed by atoms with Gasteiger partial charge in [-0.1, -0.05) is 30.3 Å². The molecule has 4 N–H and O–H groups in total. The molecule has 0 radical (unpaired) electrons. The highest BCUT2D eigenvalue weighted by molar-refractivity contribution is 5.95. The number of aliphatic hydroxyl groups excluding tert-OH is 1. The third kappa shape index (κ3) is 3.44. The molecule has 0 saturated carbocycles. The summed E-state index contributed by atoms with van der Waals surface area (Å²) < 4.78 is 1.64. The molecule has 1 aliphatic rings. The van der Waals surface area contributed by atoms with E-state index in [1.807, 2.05) is 37.4 Å². The van der Waals surface area contributed by atoms with Gasteiger partial charge in [0.05, 0.1) is 35.8 Å². The fraction of sp³-hybridized carbons (Fsp3) is 0.273. The highest BCUT2D eigenvalue weighted by atomic mass is 16.7. The molecule has 2 aromatic heterocycles. The summed E-state index contributed by atoms with van der Waals surface area (Å²) in [7, 11) is 1.90. The van der Waals surface area contributed by atoms with Gasteiger partial charge in [-0.2, -0.15) is 10.2 Å². The van der Waals surface area contributed by atoms with Gasteiger partial charge in [0, 0.05) is 11.9 Å². The van der Waals surface area contributed by atoms with Gasteiger partial charge in [-0.25, -0.2) is 14.8 Å². The second kappa shape index (κ2) is 8.50. The molecule has 2 atom stereocenters. The second-order valence-electron chi connectivity index (χ2n) is 7.62. The molecule has 3 heterocycles. The molecular formula is C22H23N7O3. The molecule has 164 valence electrons. The van der Waals surface area contributed by atoms with E-state index in [0.717, 1.165) is 17.7 Å². The van der Waals surface area contributed by atoms with Gasteiger partial charge in [0.1, 0.15) is 18.3 Å². The Balaban J connectivity index is 1.72. The minimum Gasteiger partial charge on any atom is -0.394 e. The van der Waals surface area contributed by atoms with Gasteiger partial charge in [-0.15, -0.1) is 0 Å². The lowest BCUT2D eigenvalue weighted by atomic mass is 9.89. The molecular weight excluding hydrogens is 410 g/mol. The van der Waals surface area contributed by atoms with Crippen LogP contribution in [0.1, 0.15) is 34.7 Å². The molecule has 0 spiro atoms. The highest BCUT2D eigenvalue weighted by Crippen LogP contribution is 2.43. The Bertz CT molecular complexity index is 1300. The molecule has 32 heavy (non-hydrogen) atoms. The number of aromatic nitrogens is 5. The van der Waals surface area contributed by atoms with E-state index in [9.17, 15) is 9.90 Å². The summed E-state index contributed by atoms with van der Waals surface area (Å²) in [5.41, 5.74) is 6.09. The van der Waals surface area contributed by atoms with Gasteiger partial charge >= 0.3 is 0 Å². The maximum atomic E-state index is 12.5. The lowest BCUT2D eigenvalue weighted by Gasteiger charge is -2.25. The molecule has 0 bridgehead atoms. The number of rotatable bonds is 6. The number of aromatic amines is 1. The molecule has 0 aliphatic carbocycles. The van der Waals surface area contributed by atoms with Crippen LogP contribution in [0.2, 0.25) is 0 Å². The lowest BCUT2D eigenvalue weighted by molar-refractivity contribution is 0.0841. The summed E-state index contributed by atoms with van der Waals surface area (Å²) in [6.45, 7) is 0.948. The predicted octanol–water partition coefficient (Wildman–Crippen LogP) is 1.46.